The Morgan fingerprint density at radius 2 is 2.19 bits per heavy atom. The van der Waals surface area contributed by atoms with Crippen LogP contribution in [0.1, 0.15) is 36.8 Å². The van der Waals surface area contributed by atoms with Crippen LogP contribution < -0.4 is 10.1 Å². The second-order valence-electron chi connectivity index (χ2n) is 6.00. The smallest absolute Gasteiger partial charge is 0.223 e. The third-order valence-corrected chi connectivity index (χ3v) is 4.03. The fourth-order valence-electron chi connectivity index (χ4n) is 2.70. The number of benzene rings is 1. The summed E-state index contributed by atoms with van der Waals surface area (Å²) >= 11 is 0. The van der Waals surface area contributed by atoms with Gasteiger partial charge in [0.05, 0.1) is 19.1 Å². The van der Waals surface area contributed by atoms with Crippen molar-refractivity contribution in [2.45, 2.75) is 45.6 Å². The van der Waals surface area contributed by atoms with E-state index in [1.165, 1.54) is 0 Å². The van der Waals surface area contributed by atoms with Crippen LogP contribution in [0, 0.1) is 19.8 Å². The Kier molecular flexibility index (Phi) is 5.62. The van der Waals surface area contributed by atoms with Crippen molar-refractivity contribution in [3.05, 3.63) is 29.3 Å². The summed E-state index contributed by atoms with van der Waals surface area (Å²) in [5, 5.41) is 12.4. The van der Waals surface area contributed by atoms with Gasteiger partial charge in [-0.2, -0.15) is 0 Å². The van der Waals surface area contributed by atoms with Crippen molar-refractivity contribution in [3.8, 4) is 5.75 Å². The van der Waals surface area contributed by atoms with E-state index < -0.39 is 0 Å². The Morgan fingerprint density at radius 1 is 1.38 bits per heavy atom. The van der Waals surface area contributed by atoms with Gasteiger partial charge in [0.15, 0.2) is 0 Å². The summed E-state index contributed by atoms with van der Waals surface area (Å²) < 4.78 is 5.68. The van der Waals surface area contributed by atoms with Gasteiger partial charge in [-0.1, -0.05) is 12.1 Å². The van der Waals surface area contributed by atoms with Gasteiger partial charge in [0, 0.05) is 6.54 Å². The summed E-state index contributed by atoms with van der Waals surface area (Å²) in [7, 11) is 0. The first-order chi connectivity index (χ1) is 10.0. The van der Waals surface area contributed by atoms with Crippen LogP contribution in [0.2, 0.25) is 0 Å². The van der Waals surface area contributed by atoms with Crippen LogP contribution in [0.4, 0.5) is 0 Å². The zero-order chi connectivity index (χ0) is 15.2. The normalized spacial score (nSPS) is 21.3. The molecule has 0 aliphatic heterocycles. The third-order valence-electron chi connectivity index (χ3n) is 4.03. The molecule has 0 aromatic heterocycles. The number of carbonyl (C=O) groups excluding carboxylic acids is 1. The molecule has 0 saturated heterocycles. The van der Waals surface area contributed by atoms with Crippen LogP contribution in [0.5, 0.6) is 5.75 Å². The van der Waals surface area contributed by atoms with Gasteiger partial charge in [-0.15, -0.1) is 0 Å². The molecule has 2 N–H and O–H groups in total. The molecule has 1 amide bonds. The molecule has 2 rings (SSSR count). The van der Waals surface area contributed by atoms with Crippen molar-refractivity contribution >= 4 is 5.91 Å². The van der Waals surface area contributed by atoms with Gasteiger partial charge in [0.2, 0.25) is 5.91 Å². The number of nitrogens with one attached hydrogen (secondary N) is 1. The van der Waals surface area contributed by atoms with Gasteiger partial charge >= 0.3 is 0 Å². The highest BCUT2D eigenvalue weighted by atomic mass is 16.5. The first-order valence-corrected chi connectivity index (χ1v) is 7.69. The minimum absolute atomic E-state index is 0.0155. The fourth-order valence-corrected chi connectivity index (χ4v) is 2.70. The molecule has 116 valence electrons. The number of amides is 1. The molecule has 1 aliphatic rings. The van der Waals surface area contributed by atoms with Crippen LogP contribution in [0.3, 0.4) is 0 Å². The zero-order valence-corrected chi connectivity index (χ0v) is 12.9. The SMILES string of the molecule is Cc1ccc(C)c(OCCC(=O)NCC2CCC(O)C2)c1. The first kappa shape index (κ1) is 15.8. The Balaban J connectivity index is 1.66. The van der Waals surface area contributed by atoms with Crippen LogP contribution in [-0.4, -0.2) is 30.3 Å². The lowest BCUT2D eigenvalue weighted by Gasteiger charge is -2.12. The Hall–Kier alpha value is -1.55. The van der Waals surface area contributed by atoms with Crippen LogP contribution in [0.25, 0.3) is 0 Å². The van der Waals surface area contributed by atoms with Gasteiger partial charge in [-0.3, -0.25) is 4.79 Å². The fraction of sp³-hybridized carbons (Fsp3) is 0.588. The Labute approximate surface area is 126 Å². The summed E-state index contributed by atoms with van der Waals surface area (Å²) in [6.07, 6.45) is 2.85. The van der Waals surface area contributed by atoms with Gasteiger partial charge in [0.25, 0.3) is 0 Å². The van der Waals surface area contributed by atoms with Crippen LogP contribution >= 0.6 is 0 Å². The van der Waals surface area contributed by atoms with E-state index >= 15 is 0 Å². The first-order valence-electron chi connectivity index (χ1n) is 7.69. The summed E-state index contributed by atoms with van der Waals surface area (Å²) in [5.41, 5.74) is 2.24. The molecule has 0 bridgehead atoms. The highest BCUT2D eigenvalue weighted by molar-refractivity contribution is 5.76. The summed E-state index contributed by atoms with van der Waals surface area (Å²) in [6, 6.07) is 6.06. The summed E-state index contributed by atoms with van der Waals surface area (Å²) in [4.78, 5) is 11.8. The second-order valence-corrected chi connectivity index (χ2v) is 6.00. The number of rotatable bonds is 6. The molecule has 21 heavy (non-hydrogen) atoms. The third kappa shape index (κ3) is 5.05. The predicted octanol–water partition coefficient (Wildman–Crippen LogP) is 2.35. The van der Waals surface area contributed by atoms with E-state index in [1.54, 1.807) is 0 Å². The average molecular weight is 291 g/mol. The van der Waals surface area contributed by atoms with E-state index in [1.807, 2.05) is 32.0 Å². The van der Waals surface area contributed by atoms with E-state index in [4.69, 9.17) is 4.74 Å². The summed E-state index contributed by atoms with van der Waals surface area (Å²) in [5.74, 6) is 1.28. The largest absolute Gasteiger partial charge is 0.493 e. The predicted molar refractivity (Wildman–Crippen MR) is 82.4 cm³/mol. The lowest BCUT2D eigenvalue weighted by atomic mass is 10.1. The zero-order valence-electron chi connectivity index (χ0n) is 12.9. The van der Waals surface area contributed by atoms with E-state index in [0.29, 0.717) is 25.5 Å². The molecule has 0 heterocycles. The molecule has 1 fully saturated rings. The molecule has 0 spiro atoms. The maximum atomic E-state index is 11.8. The Morgan fingerprint density at radius 3 is 2.90 bits per heavy atom. The highest BCUT2D eigenvalue weighted by Crippen LogP contribution is 2.24. The van der Waals surface area contributed by atoms with Crippen molar-refractivity contribution in [1.82, 2.24) is 5.32 Å². The molecule has 2 atom stereocenters. The molecule has 1 aliphatic carbocycles. The van der Waals surface area contributed by atoms with E-state index in [-0.39, 0.29) is 12.0 Å². The minimum atomic E-state index is -0.181. The van der Waals surface area contributed by atoms with E-state index in [0.717, 1.165) is 36.1 Å². The number of hydrogen-bond acceptors (Lipinski definition) is 3. The van der Waals surface area contributed by atoms with Crippen molar-refractivity contribution < 1.29 is 14.6 Å². The second kappa shape index (κ2) is 7.46. The van der Waals surface area contributed by atoms with Crippen LogP contribution in [-0.2, 0) is 4.79 Å². The number of carbonyl (C=O) groups is 1. The molecule has 2 unspecified atom stereocenters. The topological polar surface area (TPSA) is 58.6 Å². The van der Waals surface area contributed by atoms with Crippen molar-refractivity contribution in [1.29, 1.82) is 0 Å². The van der Waals surface area contributed by atoms with Gasteiger partial charge in [-0.25, -0.2) is 0 Å². The van der Waals surface area contributed by atoms with Crippen molar-refractivity contribution in [2.75, 3.05) is 13.2 Å². The molecule has 1 aromatic carbocycles. The van der Waals surface area contributed by atoms with E-state index in [2.05, 4.69) is 5.32 Å². The van der Waals surface area contributed by atoms with Crippen LogP contribution in [0.15, 0.2) is 18.2 Å². The quantitative estimate of drug-likeness (QED) is 0.846. The molecule has 4 heteroatoms. The number of aliphatic hydroxyl groups is 1. The van der Waals surface area contributed by atoms with Crippen molar-refractivity contribution in [2.24, 2.45) is 5.92 Å². The lowest BCUT2D eigenvalue weighted by molar-refractivity contribution is -0.121. The molecular weight excluding hydrogens is 266 g/mol. The standard InChI is InChI=1S/C17H25NO3/c1-12-3-4-13(2)16(9-12)21-8-7-17(20)18-11-14-5-6-15(19)10-14/h3-4,9,14-15,19H,5-8,10-11H2,1-2H3,(H,18,20). The minimum Gasteiger partial charge on any atom is -0.493 e. The average Bonchev–Trinajstić information content (AvgIpc) is 2.86. The lowest BCUT2D eigenvalue weighted by Crippen LogP contribution is -2.29. The number of hydrogen-bond donors (Lipinski definition) is 2. The molecule has 1 saturated carbocycles. The monoisotopic (exact) mass is 291 g/mol. The van der Waals surface area contributed by atoms with Gasteiger partial charge < -0.3 is 15.2 Å². The molecular formula is C17H25NO3. The maximum Gasteiger partial charge on any atom is 0.223 e. The van der Waals surface area contributed by atoms with Crippen molar-refractivity contribution in [3.63, 3.8) is 0 Å². The number of ether oxygens (including phenoxy) is 1. The number of aliphatic hydroxyl groups excluding tert-OH is 1. The molecule has 4 nitrogen and oxygen atoms in total. The highest BCUT2D eigenvalue weighted by Gasteiger charge is 2.22. The summed E-state index contributed by atoms with van der Waals surface area (Å²) in [6.45, 7) is 5.08. The molecule has 1 aromatic rings. The van der Waals surface area contributed by atoms with Gasteiger partial charge in [0.1, 0.15) is 5.75 Å². The Bertz CT molecular complexity index is 487. The van der Waals surface area contributed by atoms with E-state index in [9.17, 15) is 9.90 Å². The van der Waals surface area contributed by atoms with Gasteiger partial charge in [-0.05, 0) is 56.2 Å². The molecule has 0 radical (unpaired) electrons. The maximum absolute atomic E-state index is 11.8. The number of aryl methyl sites for hydroxylation is 2.